The van der Waals surface area contributed by atoms with Gasteiger partial charge in [-0.25, -0.2) is 24.5 Å². The van der Waals surface area contributed by atoms with Gasteiger partial charge in [-0.1, -0.05) is 0 Å². The summed E-state index contributed by atoms with van der Waals surface area (Å²) in [6, 6.07) is 0. The molecule has 0 spiro atoms. The van der Waals surface area contributed by atoms with E-state index in [-0.39, 0.29) is 23.6 Å². The lowest BCUT2D eigenvalue weighted by Gasteiger charge is -2.28. The average Bonchev–Trinajstić information content (AvgIpc) is 3.36. The predicted molar refractivity (Wildman–Crippen MR) is 125 cm³/mol. The summed E-state index contributed by atoms with van der Waals surface area (Å²) < 4.78 is 30.5. The molecule has 2 aromatic heterocycles. The van der Waals surface area contributed by atoms with Gasteiger partial charge in [-0.05, 0) is 55.4 Å². The van der Waals surface area contributed by atoms with Gasteiger partial charge in [0, 0.05) is 0 Å². The Morgan fingerprint density at radius 1 is 1.03 bits per heavy atom. The average molecular weight is 508 g/mol. The highest BCUT2D eigenvalue weighted by atomic mass is 16.8. The van der Waals surface area contributed by atoms with Crippen molar-refractivity contribution >= 4 is 29.2 Å². The molecule has 2 fully saturated rings. The van der Waals surface area contributed by atoms with Crippen molar-refractivity contribution in [3.8, 4) is 0 Å². The molecule has 4 heterocycles. The Hall–Kier alpha value is -2.87. The van der Waals surface area contributed by atoms with Crippen molar-refractivity contribution in [1.29, 1.82) is 0 Å². The number of amides is 2. The summed E-state index contributed by atoms with van der Waals surface area (Å²) in [7, 11) is 0. The largest absolute Gasteiger partial charge is 0.443 e. The van der Waals surface area contributed by atoms with Crippen LogP contribution < -0.4 is 4.90 Å². The molecule has 2 amide bonds. The third kappa shape index (κ3) is 5.14. The second-order valence-electron chi connectivity index (χ2n) is 11.1. The van der Waals surface area contributed by atoms with Gasteiger partial charge in [0.25, 0.3) is 0 Å². The SMILES string of the molecule is CC(C)(C)OC(=O)N(C(=O)OC(C)(C)C)c1ncnc2c1ncn2C1OC(CO)C2OC(C)(C)OC21. The summed E-state index contributed by atoms with van der Waals surface area (Å²) in [6.45, 7) is 13.4. The van der Waals surface area contributed by atoms with E-state index in [1.54, 1.807) is 60.0 Å². The van der Waals surface area contributed by atoms with Gasteiger partial charge in [0.2, 0.25) is 0 Å². The lowest BCUT2D eigenvalue weighted by atomic mass is 10.1. The molecule has 1 N–H and O–H groups in total. The molecule has 0 aromatic carbocycles. The van der Waals surface area contributed by atoms with E-state index in [1.165, 1.54) is 12.7 Å². The van der Waals surface area contributed by atoms with Gasteiger partial charge in [0.15, 0.2) is 29.0 Å². The molecule has 0 saturated carbocycles. The van der Waals surface area contributed by atoms with Crippen LogP contribution in [-0.4, -0.2) is 78.7 Å². The van der Waals surface area contributed by atoms with Gasteiger partial charge in [0.1, 0.15) is 35.8 Å². The number of aromatic nitrogens is 4. The highest BCUT2D eigenvalue weighted by Gasteiger charge is 2.56. The molecule has 4 atom stereocenters. The number of carbonyl (C=O) groups excluding carboxylic acids is 2. The first-order valence-corrected chi connectivity index (χ1v) is 11.7. The molecule has 0 bridgehead atoms. The lowest BCUT2D eigenvalue weighted by molar-refractivity contribution is -0.199. The Kier molecular flexibility index (Phi) is 6.48. The van der Waals surface area contributed by atoms with Crippen LogP contribution in [0.25, 0.3) is 11.2 Å². The first kappa shape index (κ1) is 26.2. The second-order valence-corrected chi connectivity index (χ2v) is 11.1. The maximum Gasteiger partial charge on any atom is 0.425 e. The van der Waals surface area contributed by atoms with E-state index in [0.717, 1.165) is 0 Å². The minimum atomic E-state index is -0.974. The van der Waals surface area contributed by atoms with Crippen molar-refractivity contribution in [1.82, 2.24) is 19.5 Å². The lowest BCUT2D eigenvalue weighted by Crippen LogP contribution is -2.44. The van der Waals surface area contributed by atoms with E-state index < -0.39 is 53.7 Å². The highest BCUT2D eigenvalue weighted by Crippen LogP contribution is 2.43. The van der Waals surface area contributed by atoms with E-state index in [9.17, 15) is 14.7 Å². The summed E-state index contributed by atoms with van der Waals surface area (Å²) >= 11 is 0. The highest BCUT2D eigenvalue weighted by molar-refractivity contribution is 6.12. The maximum absolute atomic E-state index is 13.1. The summed E-state index contributed by atoms with van der Waals surface area (Å²) in [6.07, 6.45) is -1.73. The molecule has 13 nitrogen and oxygen atoms in total. The maximum atomic E-state index is 13.1. The number of hydrogen-bond donors (Lipinski definition) is 1. The molecular formula is C23H33N5O8. The van der Waals surface area contributed by atoms with Crippen molar-refractivity contribution in [2.45, 2.75) is 96.9 Å². The van der Waals surface area contributed by atoms with Crippen molar-refractivity contribution in [2.75, 3.05) is 11.5 Å². The molecule has 36 heavy (non-hydrogen) atoms. The fourth-order valence-electron chi connectivity index (χ4n) is 4.08. The summed E-state index contributed by atoms with van der Waals surface area (Å²) in [4.78, 5) is 39.8. The van der Waals surface area contributed by atoms with Crippen molar-refractivity contribution in [3.63, 3.8) is 0 Å². The van der Waals surface area contributed by atoms with E-state index in [2.05, 4.69) is 15.0 Å². The summed E-state index contributed by atoms with van der Waals surface area (Å²) in [5.41, 5.74) is -1.36. The summed E-state index contributed by atoms with van der Waals surface area (Å²) in [5, 5.41) is 9.82. The Labute approximate surface area is 208 Å². The van der Waals surface area contributed by atoms with Gasteiger partial charge in [0.05, 0.1) is 12.9 Å². The number of nitrogens with zero attached hydrogens (tertiary/aromatic N) is 5. The predicted octanol–water partition coefficient (Wildman–Crippen LogP) is 2.91. The number of carbonyl (C=O) groups is 2. The van der Waals surface area contributed by atoms with Crippen molar-refractivity contribution in [3.05, 3.63) is 12.7 Å². The first-order valence-electron chi connectivity index (χ1n) is 11.7. The summed E-state index contributed by atoms with van der Waals surface area (Å²) in [5.74, 6) is -0.981. The number of imidazole rings is 1. The minimum Gasteiger partial charge on any atom is -0.443 e. The van der Waals surface area contributed by atoms with E-state index in [4.69, 9.17) is 23.7 Å². The molecule has 4 rings (SSSR count). The Morgan fingerprint density at radius 3 is 2.17 bits per heavy atom. The number of aliphatic hydroxyl groups excluding tert-OH is 1. The van der Waals surface area contributed by atoms with Crippen LogP contribution in [0.5, 0.6) is 0 Å². The van der Waals surface area contributed by atoms with Gasteiger partial charge in [-0.15, -0.1) is 0 Å². The van der Waals surface area contributed by atoms with Crippen LogP contribution in [0.4, 0.5) is 15.4 Å². The molecule has 2 saturated heterocycles. The van der Waals surface area contributed by atoms with Crippen LogP contribution in [0.1, 0.15) is 61.6 Å². The molecule has 2 aliphatic heterocycles. The van der Waals surface area contributed by atoms with E-state index in [0.29, 0.717) is 4.90 Å². The zero-order valence-corrected chi connectivity index (χ0v) is 21.7. The molecule has 2 aliphatic rings. The van der Waals surface area contributed by atoms with Crippen LogP contribution in [0, 0.1) is 0 Å². The number of rotatable bonds is 3. The third-order valence-electron chi connectivity index (χ3n) is 5.28. The number of imide groups is 1. The topological polar surface area (TPSA) is 147 Å². The fraction of sp³-hybridized carbons (Fsp3) is 0.696. The Morgan fingerprint density at radius 2 is 1.61 bits per heavy atom. The third-order valence-corrected chi connectivity index (χ3v) is 5.28. The Balaban J connectivity index is 1.76. The fourth-order valence-corrected chi connectivity index (χ4v) is 4.08. The van der Waals surface area contributed by atoms with Gasteiger partial charge in [-0.3, -0.25) is 4.57 Å². The molecule has 2 aromatic rings. The van der Waals surface area contributed by atoms with E-state index in [1.807, 2.05) is 0 Å². The Bertz CT molecular complexity index is 1120. The second kappa shape index (κ2) is 8.91. The molecular weight excluding hydrogens is 474 g/mol. The number of aliphatic hydroxyl groups is 1. The quantitative estimate of drug-likeness (QED) is 0.654. The van der Waals surface area contributed by atoms with Crippen LogP contribution in [0.3, 0.4) is 0 Å². The van der Waals surface area contributed by atoms with Gasteiger partial charge in [-0.2, -0.15) is 4.90 Å². The van der Waals surface area contributed by atoms with E-state index >= 15 is 0 Å². The number of fused-ring (bicyclic) bond motifs is 2. The molecule has 198 valence electrons. The van der Waals surface area contributed by atoms with Gasteiger partial charge < -0.3 is 28.8 Å². The van der Waals surface area contributed by atoms with Crippen LogP contribution in [0.15, 0.2) is 12.7 Å². The first-order chi connectivity index (χ1) is 16.6. The van der Waals surface area contributed by atoms with Crippen molar-refractivity contribution < 1.29 is 38.4 Å². The molecule has 0 radical (unpaired) electrons. The molecule has 4 unspecified atom stereocenters. The smallest absolute Gasteiger partial charge is 0.425 e. The van der Waals surface area contributed by atoms with Crippen LogP contribution >= 0.6 is 0 Å². The van der Waals surface area contributed by atoms with Crippen LogP contribution in [-0.2, 0) is 23.7 Å². The zero-order chi connectivity index (χ0) is 26.6. The zero-order valence-electron chi connectivity index (χ0n) is 21.7. The number of ether oxygens (including phenoxy) is 5. The van der Waals surface area contributed by atoms with Gasteiger partial charge >= 0.3 is 12.2 Å². The minimum absolute atomic E-state index is 0.112. The molecule has 13 heteroatoms. The number of hydrogen-bond acceptors (Lipinski definition) is 11. The standard InChI is InChI=1S/C23H33N5O8/c1-21(2,3)35-19(30)28(20(31)36-22(4,5)6)17-13-16(24-10-25-17)27(11-26-13)18-15-14(12(9-29)32-18)33-23(7,8)34-15/h10-12,14-15,18,29H,9H2,1-8H3. The molecule has 0 aliphatic carbocycles. The van der Waals surface area contributed by atoms with Crippen LogP contribution in [0.2, 0.25) is 0 Å². The monoisotopic (exact) mass is 507 g/mol. The van der Waals surface area contributed by atoms with Crippen molar-refractivity contribution in [2.24, 2.45) is 0 Å². The normalized spacial score (nSPS) is 25.6. The number of anilines is 1.